The first-order valence-electron chi connectivity index (χ1n) is 9.26. The minimum absolute atomic E-state index is 0.120. The zero-order valence-electron chi connectivity index (χ0n) is 14.0. The lowest BCUT2D eigenvalue weighted by atomic mass is 9.86. The van der Waals surface area contributed by atoms with Gasteiger partial charge in [0.15, 0.2) is 9.84 Å². The van der Waals surface area contributed by atoms with Crippen LogP contribution in [0.4, 0.5) is 0 Å². The molecule has 1 atom stereocenters. The summed E-state index contributed by atoms with van der Waals surface area (Å²) in [6, 6.07) is 0.488. The molecule has 0 bridgehead atoms. The Morgan fingerprint density at radius 1 is 0.957 bits per heavy atom. The molecule has 2 saturated heterocycles. The van der Waals surface area contributed by atoms with Crippen molar-refractivity contribution >= 4 is 15.7 Å². The molecule has 0 radical (unpaired) electrons. The predicted octanol–water partition coefficient (Wildman–Crippen LogP) is 1.72. The van der Waals surface area contributed by atoms with Gasteiger partial charge < -0.3 is 10.2 Å². The maximum absolute atomic E-state index is 12.4. The van der Waals surface area contributed by atoms with Crippen molar-refractivity contribution in [1.29, 1.82) is 0 Å². The number of sulfone groups is 1. The second kappa shape index (κ2) is 7.51. The molecule has 3 fully saturated rings. The normalized spacial score (nSPS) is 29.7. The standard InChI is InChI=1S/C17H30N2O3S/c20-17(12-14-4-2-1-3-5-14)19-9-6-15(7-10-19)18-16-8-11-23(21,22)13-16/h14-16,18H,1-13H2. The van der Waals surface area contributed by atoms with Crippen LogP contribution in [0, 0.1) is 5.92 Å². The fourth-order valence-corrected chi connectivity index (χ4v) is 6.01. The number of amides is 1. The molecule has 6 heteroatoms. The molecule has 1 unspecified atom stereocenters. The number of carbonyl (C=O) groups is 1. The third-order valence-corrected chi connectivity index (χ3v) is 7.51. The van der Waals surface area contributed by atoms with Crippen molar-refractivity contribution in [3.05, 3.63) is 0 Å². The van der Waals surface area contributed by atoms with Crippen LogP contribution >= 0.6 is 0 Å². The summed E-state index contributed by atoms with van der Waals surface area (Å²) in [5.41, 5.74) is 0. The van der Waals surface area contributed by atoms with Crippen LogP contribution < -0.4 is 5.32 Å². The molecule has 1 N–H and O–H groups in total. The lowest BCUT2D eigenvalue weighted by molar-refractivity contribution is -0.133. The summed E-state index contributed by atoms with van der Waals surface area (Å²) in [6.07, 6.45) is 9.73. The number of carbonyl (C=O) groups excluding carboxylic acids is 1. The third-order valence-electron chi connectivity index (χ3n) is 5.74. The number of likely N-dealkylation sites (tertiary alicyclic amines) is 1. The van der Waals surface area contributed by atoms with Gasteiger partial charge in [0, 0.05) is 31.6 Å². The zero-order valence-corrected chi connectivity index (χ0v) is 14.8. The van der Waals surface area contributed by atoms with Crippen LogP contribution in [0.25, 0.3) is 0 Å². The highest BCUT2D eigenvalue weighted by Crippen LogP contribution is 2.27. The van der Waals surface area contributed by atoms with Gasteiger partial charge in [-0.15, -0.1) is 0 Å². The average Bonchev–Trinajstić information content (AvgIpc) is 2.88. The van der Waals surface area contributed by atoms with Gasteiger partial charge in [0.1, 0.15) is 0 Å². The molecule has 0 spiro atoms. The van der Waals surface area contributed by atoms with Crippen molar-refractivity contribution in [2.75, 3.05) is 24.6 Å². The van der Waals surface area contributed by atoms with Crippen LogP contribution in [-0.2, 0) is 14.6 Å². The first-order chi connectivity index (χ1) is 11.0. The van der Waals surface area contributed by atoms with Crippen molar-refractivity contribution in [3.8, 4) is 0 Å². The monoisotopic (exact) mass is 342 g/mol. The van der Waals surface area contributed by atoms with Gasteiger partial charge in [-0.05, 0) is 38.0 Å². The Morgan fingerprint density at radius 3 is 2.26 bits per heavy atom. The molecule has 3 rings (SSSR count). The molecular formula is C17H30N2O3S. The van der Waals surface area contributed by atoms with Gasteiger partial charge in [-0.1, -0.05) is 19.3 Å². The Labute approximate surface area is 140 Å². The van der Waals surface area contributed by atoms with E-state index >= 15 is 0 Å². The van der Waals surface area contributed by atoms with Gasteiger partial charge >= 0.3 is 0 Å². The van der Waals surface area contributed by atoms with E-state index in [2.05, 4.69) is 5.32 Å². The van der Waals surface area contributed by atoms with Crippen molar-refractivity contribution < 1.29 is 13.2 Å². The third kappa shape index (κ3) is 4.92. The lowest BCUT2D eigenvalue weighted by Gasteiger charge is -2.35. The fraction of sp³-hybridized carbons (Fsp3) is 0.941. The number of nitrogens with one attached hydrogen (secondary N) is 1. The molecular weight excluding hydrogens is 312 g/mol. The number of rotatable bonds is 4. The Bertz CT molecular complexity index is 506. The van der Waals surface area contributed by atoms with Crippen molar-refractivity contribution in [2.24, 2.45) is 5.92 Å². The van der Waals surface area contributed by atoms with Gasteiger partial charge in [-0.3, -0.25) is 4.79 Å². The SMILES string of the molecule is O=C(CC1CCCCC1)N1CCC(NC2CCS(=O)(=O)C2)CC1. The van der Waals surface area contributed by atoms with Crippen LogP contribution in [-0.4, -0.2) is 55.9 Å². The van der Waals surface area contributed by atoms with E-state index in [9.17, 15) is 13.2 Å². The maximum atomic E-state index is 12.4. The number of nitrogens with zero attached hydrogens (tertiary/aromatic N) is 1. The molecule has 2 heterocycles. The van der Waals surface area contributed by atoms with Gasteiger partial charge in [0.2, 0.25) is 5.91 Å². The Morgan fingerprint density at radius 2 is 1.65 bits per heavy atom. The Hall–Kier alpha value is -0.620. The van der Waals surface area contributed by atoms with Gasteiger partial charge in [-0.2, -0.15) is 0 Å². The van der Waals surface area contributed by atoms with Gasteiger partial charge in [0.05, 0.1) is 11.5 Å². The number of hydrogen-bond acceptors (Lipinski definition) is 4. The van der Waals surface area contributed by atoms with Crippen molar-refractivity contribution in [3.63, 3.8) is 0 Å². The van der Waals surface area contributed by atoms with E-state index in [1.54, 1.807) is 0 Å². The average molecular weight is 343 g/mol. The molecule has 132 valence electrons. The molecule has 0 aromatic carbocycles. The summed E-state index contributed by atoms with van der Waals surface area (Å²) in [5.74, 6) is 1.55. The summed E-state index contributed by atoms with van der Waals surface area (Å²) in [6.45, 7) is 1.64. The minimum Gasteiger partial charge on any atom is -0.343 e. The summed E-state index contributed by atoms with van der Waals surface area (Å²) in [5, 5.41) is 3.50. The number of hydrogen-bond donors (Lipinski definition) is 1. The molecule has 1 aliphatic carbocycles. The quantitative estimate of drug-likeness (QED) is 0.845. The van der Waals surface area contributed by atoms with Crippen molar-refractivity contribution in [1.82, 2.24) is 10.2 Å². The molecule has 2 aliphatic heterocycles. The van der Waals surface area contributed by atoms with Crippen LogP contribution in [0.3, 0.4) is 0 Å². The van der Waals surface area contributed by atoms with Crippen LogP contribution in [0.1, 0.15) is 57.8 Å². The van der Waals surface area contributed by atoms with Crippen molar-refractivity contribution in [2.45, 2.75) is 69.9 Å². The Balaban J connectivity index is 1.38. The molecule has 23 heavy (non-hydrogen) atoms. The summed E-state index contributed by atoms with van der Waals surface area (Å²) in [7, 11) is -2.81. The summed E-state index contributed by atoms with van der Waals surface area (Å²) in [4.78, 5) is 14.5. The molecule has 5 nitrogen and oxygen atoms in total. The first kappa shape index (κ1) is 17.2. The van der Waals surface area contributed by atoms with Gasteiger partial charge in [0.25, 0.3) is 0 Å². The minimum atomic E-state index is -2.81. The van der Waals surface area contributed by atoms with E-state index in [1.807, 2.05) is 4.90 Å². The van der Waals surface area contributed by atoms with E-state index in [4.69, 9.17) is 0 Å². The largest absolute Gasteiger partial charge is 0.343 e. The van der Waals surface area contributed by atoms with Crippen LogP contribution in [0.2, 0.25) is 0 Å². The summed E-state index contributed by atoms with van der Waals surface area (Å²) < 4.78 is 23.0. The highest BCUT2D eigenvalue weighted by atomic mass is 32.2. The molecule has 3 aliphatic rings. The van der Waals surface area contributed by atoms with Crippen LogP contribution in [0.5, 0.6) is 0 Å². The maximum Gasteiger partial charge on any atom is 0.222 e. The highest BCUT2D eigenvalue weighted by Gasteiger charge is 2.31. The van der Waals surface area contributed by atoms with E-state index in [-0.39, 0.29) is 11.8 Å². The first-order valence-corrected chi connectivity index (χ1v) is 11.1. The van der Waals surface area contributed by atoms with E-state index < -0.39 is 9.84 Å². The second-order valence-electron chi connectivity index (χ2n) is 7.63. The smallest absolute Gasteiger partial charge is 0.222 e. The fourth-order valence-electron chi connectivity index (χ4n) is 4.32. The van der Waals surface area contributed by atoms with E-state index in [0.717, 1.165) is 38.8 Å². The van der Waals surface area contributed by atoms with Gasteiger partial charge in [-0.25, -0.2) is 8.42 Å². The Kier molecular flexibility index (Phi) is 5.62. The second-order valence-corrected chi connectivity index (χ2v) is 9.86. The van der Waals surface area contributed by atoms with E-state index in [1.165, 1.54) is 32.1 Å². The van der Waals surface area contributed by atoms with E-state index in [0.29, 0.717) is 23.6 Å². The lowest BCUT2D eigenvalue weighted by Crippen LogP contribution is -2.48. The molecule has 0 aromatic rings. The molecule has 0 aromatic heterocycles. The van der Waals surface area contributed by atoms with Crippen LogP contribution in [0.15, 0.2) is 0 Å². The molecule has 1 amide bonds. The predicted molar refractivity (Wildman–Crippen MR) is 91.0 cm³/mol. The topological polar surface area (TPSA) is 66.5 Å². The highest BCUT2D eigenvalue weighted by molar-refractivity contribution is 7.91. The summed E-state index contributed by atoms with van der Waals surface area (Å²) >= 11 is 0. The number of piperidine rings is 1. The molecule has 1 saturated carbocycles. The zero-order chi connectivity index (χ0) is 16.3.